The molecular weight excluding hydrogens is 380 g/mol. The van der Waals surface area contributed by atoms with Gasteiger partial charge in [-0.25, -0.2) is 8.78 Å². The molecule has 1 aliphatic heterocycles. The molecular formula is C25H27F2N3. The number of hydrogen-bond donors (Lipinski definition) is 2. The fourth-order valence-electron chi connectivity index (χ4n) is 4.85. The summed E-state index contributed by atoms with van der Waals surface area (Å²) in [6.07, 6.45) is 1.96. The van der Waals surface area contributed by atoms with Crippen LogP contribution < -0.4 is 10.6 Å². The number of nitrogens with one attached hydrogen (secondary N) is 2. The molecule has 0 spiro atoms. The molecule has 0 radical (unpaired) electrons. The van der Waals surface area contributed by atoms with Crippen LogP contribution >= 0.6 is 0 Å². The van der Waals surface area contributed by atoms with E-state index in [9.17, 15) is 8.78 Å². The van der Waals surface area contributed by atoms with Gasteiger partial charge in [-0.3, -0.25) is 4.98 Å². The molecule has 1 fully saturated rings. The first-order valence-electron chi connectivity index (χ1n) is 10.8. The van der Waals surface area contributed by atoms with Gasteiger partial charge in [0, 0.05) is 47.3 Å². The second kappa shape index (κ2) is 7.62. The molecule has 5 heteroatoms. The Bertz CT molecular complexity index is 1070. The third kappa shape index (κ3) is 3.67. The van der Waals surface area contributed by atoms with Crippen LogP contribution in [0.3, 0.4) is 0 Å². The topological polar surface area (TPSA) is 37.0 Å². The number of nitrogens with zero attached hydrogens (tertiary/aromatic N) is 1. The molecule has 5 rings (SSSR count). The van der Waals surface area contributed by atoms with Crippen molar-refractivity contribution in [3.8, 4) is 0 Å². The maximum Gasteiger partial charge on any atom is 0.273 e. The predicted octanol–water partition coefficient (Wildman–Crippen LogP) is 5.53. The quantitative estimate of drug-likeness (QED) is 0.561. The first-order chi connectivity index (χ1) is 14.5. The zero-order chi connectivity index (χ0) is 20.7. The summed E-state index contributed by atoms with van der Waals surface area (Å²) in [5, 5.41) is 8.19. The molecule has 30 heavy (non-hydrogen) atoms. The van der Waals surface area contributed by atoms with Crippen LogP contribution in [0.5, 0.6) is 0 Å². The van der Waals surface area contributed by atoms with Crippen molar-refractivity contribution in [2.45, 2.75) is 50.5 Å². The van der Waals surface area contributed by atoms with Gasteiger partial charge in [0.1, 0.15) is 0 Å². The Morgan fingerprint density at radius 2 is 1.97 bits per heavy atom. The van der Waals surface area contributed by atoms with E-state index in [0.29, 0.717) is 18.9 Å². The molecule has 2 aromatic carbocycles. The van der Waals surface area contributed by atoms with Crippen molar-refractivity contribution in [3.05, 3.63) is 70.9 Å². The van der Waals surface area contributed by atoms with Crippen molar-refractivity contribution < 1.29 is 8.78 Å². The van der Waals surface area contributed by atoms with Gasteiger partial charge in [-0.1, -0.05) is 35.9 Å². The highest BCUT2D eigenvalue weighted by atomic mass is 19.3. The number of rotatable bonds is 3. The number of anilines is 1. The molecule has 0 bridgehead atoms. The lowest BCUT2D eigenvalue weighted by atomic mass is 9.92. The number of halogens is 2. The molecule has 1 saturated heterocycles. The van der Waals surface area contributed by atoms with E-state index in [-0.39, 0.29) is 17.9 Å². The molecule has 2 unspecified atom stereocenters. The Balaban J connectivity index is 1.56. The first-order valence-corrected chi connectivity index (χ1v) is 10.8. The van der Waals surface area contributed by atoms with Gasteiger partial charge in [-0.2, -0.15) is 0 Å². The largest absolute Gasteiger partial charge is 0.380 e. The summed E-state index contributed by atoms with van der Waals surface area (Å²) in [5.74, 6) is -2.80. The van der Waals surface area contributed by atoms with Crippen molar-refractivity contribution >= 4 is 16.6 Å². The molecule has 3 nitrogen and oxygen atoms in total. The second-order valence-corrected chi connectivity index (χ2v) is 8.75. The second-order valence-electron chi connectivity index (χ2n) is 8.75. The van der Waals surface area contributed by atoms with Gasteiger partial charge in [-0.15, -0.1) is 0 Å². The predicted molar refractivity (Wildman–Crippen MR) is 117 cm³/mol. The first kappa shape index (κ1) is 19.4. The average molecular weight is 408 g/mol. The van der Waals surface area contributed by atoms with Crippen LogP contribution in [0.2, 0.25) is 0 Å². The number of aryl methyl sites for hydroxylation is 1. The third-order valence-electron chi connectivity index (χ3n) is 6.51. The SMILES string of the molecule is Cc1ccc2nc(C3CCC(F)(F)c4ccccc4C3)cc(NC3CCNC3)c2c1. The number of hydrogen-bond acceptors (Lipinski definition) is 3. The monoisotopic (exact) mass is 407 g/mol. The minimum absolute atomic E-state index is 0.0209. The minimum Gasteiger partial charge on any atom is -0.380 e. The lowest BCUT2D eigenvalue weighted by molar-refractivity contribution is -0.0146. The van der Waals surface area contributed by atoms with E-state index in [0.717, 1.165) is 47.4 Å². The van der Waals surface area contributed by atoms with E-state index in [1.54, 1.807) is 12.1 Å². The van der Waals surface area contributed by atoms with Crippen LogP contribution in [-0.4, -0.2) is 24.1 Å². The number of pyridine rings is 1. The van der Waals surface area contributed by atoms with Crippen LogP contribution in [0, 0.1) is 6.92 Å². The number of aromatic nitrogens is 1. The zero-order valence-electron chi connectivity index (χ0n) is 17.2. The van der Waals surface area contributed by atoms with Gasteiger partial charge in [0.15, 0.2) is 0 Å². The van der Waals surface area contributed by atoms with Crippen molar-refractivity contribution in [1.29, 1.82) is 0 Å². The van der Waals surface area contributed by atoms with Crippen LogP contribution in [-0.2, 0) is 12.3 Å². The summed E-state index contributed by atoms with van der Waals surface area (Å²) in [7, 11) is 0. The normalized spacial score (nSPS) is 23.2. The Kier molecular flexibility index (Phi) is 4.94. The highest BCUT2D eigenvalue weighted by molar-refractivity contribution is 5.92. The molecule has 2 N–H and O–H groups in total. The van der Waals surface area contributed by atoms with Crippen LogP contribution in [0.1, 0.15) is 47.6 Å². The van der Waals surface area contributed by atoms with E-state index in [2.05, 4.69) is 35.8 Å². The minimum atomic E-state index is -2.78. The Morgan fingerprint density at radius 3 is 2.80 bits per heavy atom. The summed E-state index contributed by atoms with van der Waals surface area (Å²) in [6.45, 7) is 4.04. The Hall–Kier alpha value is -2.53. The molecule has 2 atom stereocenters. The third-order valence-corrected chi connectivity index (χ3v) is 6.51. The standard InChI is InChI=1S/C25H27F2N3/c1-16-6-7-22-20(12-16)24(29-19-9-11-28-15-19)14-23(30-22)18-8-10-25(26,27)21-5-3-2-4-17(21)13-18/h2-7,12,14,18-19,28H,8-11,13,15H2,1H3,(H,29,30). The van der Waals surface area contributed by atoms with E-state index >= 15 is 0 Å². The van der Waals surface area contributed by atoms with E-state index in [1.165, 1.54) is 5.56 Å². The number of benzene rings is 2. The molecule has 1 aliphatic carbocycles. The van der Waals surface area contributed by atoms with Gasteiger partial charge in [0.25, 0.3) is 5.92 Å². The fraction of sp³-hybridized carbons (Fsp3) is 0.400. The van der Waals surface area contributed by atoms with Gasteiger partial charge >= 0.3 is 0 Å². The molecule has 2 heterocycles. The van der Waals surface area contributed by atoms with Crippen LogP contribution in [0.25, 0.3) is 10.9 Å². The molecule has 3 aromatic rings. The molecule has 2 aliphatic rings. The van der Waals surface area contributed by atoms with Crippen molar-refractivity contribution in [1.82, 2.24) is 10.3 Å². The van der Waals surface area contributed by atoms with Crippen molar-refractivity contribution in [3.63, 3.8) is 0 Å². The van der Waals surface area contributed by atoms with Gasteiger partial charge in [0.05, 0.1) is 5.52 Å². The zero-order valence-corrected chi connectivity index (χ0v) is 17.2. The summed E-state index contributed by atoms with van der Waals surface area (Å²) in [5.41, 5.74) is 5.01. The van der Waals surface area contributed by atoms with Crippen molar-refractivity contribution in [2.75, 3.05) is 18.4 Å². The van der Waals surface area contributed by atoms with Gasteiger partial charge < -0.3 is 10.6 Å². The fourth-order valence-corrected chi connectivity index (χ4v) is 4.85. The summed E-state index contributed by atoms with van der Waals surface area (Å²) in [6, 6.07) is 15.7. The maximum absolute atomic E-state index is 14.8. The molecule has 0 saturated carbocycles. The van der Waals surface area contributed by atoms with E-state index < -0.39 is 5.92 Å². The van der Waals surface area contributed by atoms with Gasteiger partial charge in [0.2, 0.25) is 0 Å². The maximum atomic E-state index is 14.8. The van der Waals surface area contributed by atoms with Crippen LogP contribution in [0.15, 0.2) is 48.5 Å². The highest BCUT2D eigenvalue weighted by Crippen LogP contribution is 2.43. The summed E-state index contributed by atoms with van der Waals surface area (Å²) >= 11 is 0. The van der Waals surface area contributed by atoms with Crippen LogP contribution in [0.4, 0.5) is 14.5 Å². The molecule has 0 amide bonds. The summed E-state index contributed by atoms with van der Waals surface area (Å²) < 4.78 is 29.5. The van der Waals surface area contributed by atoms with E-state index in [1.807, 2.05) is 18.2 Å². The van der Waals surface area contributed by atoms with E-state index in [4.69, 9.17) is 4.98 Å². The summed E-state index contributed by atoms with van der Waals surface area (Å²) in [4.78, 5) is 4.94. The van der Waals surface area contributed by atoms with Crippen molar-refractivity contribution in [2.24, 2.45) is 0 Å². The smallest absolute Gasteiger partial charge is 0.273 e. The number of alkyl halides is 2. The Morgan fingerprint density at radius 1 is 1.10 bits per heavy atom. The Labute approximate surface area is 175 Å². The number of fused-ring (bicyclic) bond motifs is 2. The molecule has 1 aromatic heterocycles. The highest BCUT2D eigenvalue weighted by Gasteiger charge is 2.38. The van der Waals surface area contributed by atoms with Gasteiger partial charge in [-0.05, 0) is 56.5 Å². The molecule has 156 valence electrons. The lowest BCUT2D eigenvalue weighted by Crippen LogP contribution is -2.22. The lowest BCUT2D eigenvalue weighted by Gasteiger charge is -2.20. The average Bonchev–Trinajstić information content (AvgIpc) is 3.20.